The fourth-order valence-corrected chi connectivity index (χ4v) is 4.15. The van der Waals surface area contributed by atoms with Crippen molar-refractivity contribution in [3.63, 3.8) is 0 Å². The first-order valence-electron chi connectivity index (χ1n) is 9.06. The highest BCUT2D eigenvalue weighted by Gasteiger charge is 2.17. The van der Waals surface area contributed by atoms with Gasteiger partial charge in [-0.25, -0.2) is 8.42 Å². The van der Waals surface area contributed by atoms with Crippen molar-refractivity contribution < 1.29 is 26.2 Å². The molecule has 2 rings (SSSR count). The molecule has 0 aliphatic rings. The van der Waals surface area contributed by atoms with E-state index >= 15 is 0 Å². The first-order valence-corrected chi connectivity index (χ1v) is 12.1. The Labute approximate surface area is 171 Å². The van der Waals surface area contributed by atoms with Gasteiger partial charge in [-0.15, -0.1) is 0 Å². The molecule has 10 heteroatoms. The molecule has 0 radical (unpaired) electrons. The molecule has 2 aromatic rings. The van der Waals surface area contributed by atoms with Gasteiger partial charge in [-0.05, 0) is 55.0 Å². The quantitative estimate of drug-likeness (QED) is 0.382. The molecule has 158 valence electrons. The van der Waals surface area contributed by atoms with Gasteiger partial charge in [0.05, 0.1) is 9.79 Å². The lowest BCUT2D eigenvalue weighted by Crippen LogP contribution is -2.13. The average molecular weight is 441 g/mol. The normalized spacial score (nSPS) is 11.8. The minimum Gasteiger partial charge on any atom is -0.370 e. The number of hydrogen-bond donors (Lipinski definition) is 3. The number of hydrogen-bond acceptors (Lipinski definition) is 6. The van der Waals surface area contributed by atoms with Crippen LogP contribution in [0.2, 0.25) is 0 Å². The molecule has 0 bridgehead atoms. The second-order valence-electron chi connectivity index (χ2n) is 6.46. The number of sulfone groups is 1. The van der Waals surface area contributed by atoms with E-state index in [1.54, 1.807) is 0 Å². The number of carbonyl (C=O) groups is 1. The van der Waals surface area contributed by atoms with Gasteiger partial charge in [0.1, 0.15) is 5.88 Å². The van der Waals surface area contributed by atoms with E-state index in [-0.39, 0.29) is 15.7 Å². The van der Waals surface area contributed by atoms with Gasteiger partial charge in [0.25, 0.3) is 10.1 Å². The van der Waals surface area contributed by atoms with E-state index in [2.05, 4.69) is 17.6 Å². The fraction of sp³-hybridized carbons (Fsp3) is 0.316. The van der Waals surface area contributed by atoms with E-state index in [0.717, 1.165) is 19.3 Å². The summed E-state index contributed by atoms with van der Waals surface area (Å²) < 4.78 is 55.7. The maximum Gasteiger partial charge on any atom is 0.283 e. The van der Waals surface area contributed by atoms with E-state index in [4.69, 9.17) is 4.55 Å². The summed E-state index contributed by atoms with van der Waals surface area (Å²) >= 11 is 0. The number of amides is 1. The van der Waals surface area contributed by atoms with Crippen molar-refractivity contribution >= 4 is 37.2 Å². The summed E-state index contributed by atoms with van der Waals surface area (Å²) in [6.45, 7) is 2.06. The van der Waals surface area contributed by atoms with Gasteiger partial charge >= 0.3 is 0 Å². The Morgan fingerprint density at radius 1 is 0.862 bits per heavy atom. The van der Waals surface area contributed by atoms with Gasteiger partial charge in [-0.1, -0.05) is 19.8 Å². The second-order valence-corrected chi connectivity index (χ2v) is 9.86. The minimum atomic E-state index is -4.18. The zero-order valence-corrected chi connectivity index (χ0v) is 17.6. The molecule has 0 aliphatic carbocycles. The van der Waals surface area contributed by atoms with Crippen LogP contribution in [0.5, 0.6) is 0 Å². The molecule has 0 atom stereocenters. The van der Waals surface area contributed by atoms with Crippen molar-refractivity contribution in [3.05, 3.63) is 48.5 Å². The second kappa shape index (κ2) is 9.86. The van der Waals surface area contributed by atoms with Crippen molar-refractivity contribution in [2.75, 3.05) is 16.5 Å². The Balaban J connectivity index is 2.06. The zero-order valence-electron chi connectivity index (χ0n) is 16.0. The molecule has 0 spiro atoms. The van der Waals surface area contributed by atoms with Crippen LogP contribution in [0.3, 0.4) is 0 Å². The summed E-state index contributed by atoms with van der Waals surface area (Å²) in [4.78, 5) is 12.0. The molecule has 3 N–H and O–H groups in total. The Bertz CT molecular complexity index is 1030. The molecule has 0 saturated heterocycles. The van der Waals surface area contributed by atoms with Crippen LogP contribution in [0.4, 0.5) is 11.4 Å². The van der Waals surface area contributed by atoms with Crippen LogP contribution >= 0.6 is 0 Å². The molecule has 2 aromatic carbocycles. The van der Waals surface area contributed by atoms with Crippen LogP contribution in [0.15, 0.2) is 58.3 Å². The highest BCUT2D eigenvalue weighted by atomic mass is 32.2. The van der Waals surface area contributed by atoms with Crippen LogP contribution in [-0.4, -0.2) is 33.2 Å². The number of carbonyl (C=O) groups excluding carboxylic acids is 1. The third-order valence-corrected chi connectivity index (χ3v) is 6.37. The first-order chi connectivity index (χ1) is 13.6. The number of anilines is 2. The Hall–Kier alpha value is -2.43. The Kier molecular flexibility index (Phi) is 7.77. The molecule has 0 unspecified atom stereocenters. The van der Waals surface area contributed by atoms with E-state index in [0.29, 0.717) is 17.8 Å². The van der Waals surface area contributed by atoms with Gasteiger partial charge in [0.2, 0.25) is 15.7 Å². The molecule has 0 heterocycles. The lowest BCUT2D eigenvalue weighted by Gasteiger charge is -2.09. The summed E-state index contributed by atoms with van der Waals surface area (Å²) in [5.74, 6) is -0.785. The average Bonchev–Trinajstić information content (AvgIpc) is 2.67. The number of nitrogens with one attached hydrogen (secondary N) is 2. The van der Waals surface area contributed by atoms with Crippen LogP contribution in [0.1, 0.15) is 32.6 Å². The third-order valence-electron chi connectivity index (χ3n) is 4.08. The maximum absolute atomic E-state index is 12.7. The van der Waals surface area contributed by atoms with Crippen molar-refractivity contribution in [3.8, 4) is 0 Å². The summed E-state index contributed by atoms with van der Waals surface area (Å²) in [5.41, 5.74) is 0.873. The van der Waals surface area contributed by atoms with E-state index in [1.165, 1.54) is 48.5 Å². The minimum absolute atomic E-state index is 0.0336. The standard InChI is InChI=1S/C19H24N2O6S2/c1-2-3-4-5-19(22)21-16-8-12-18(13-9-16)29(26,27)17-10-6-15(7-11-17)20-14-28(23,24)25/h6-13,20H,2-5,14H2,1H3,(H,21,22)(H,23,24,25). The zero-order chi connectivity index (χ0) is 21.5. The predicted octanol–water partition coefficient (Wildman–Crippen LogP) is 3.30. The molecule has 1 amide bonds. The summed E-state index contributed by atoms with van der Waals surface area (Å²) in [7, 11) is -7.95. The molecular weight excluding hydrogens is 416 g/mol. The Morgan fingerprint density at radius 3 is 1.86 bits per heavy atom. The molecule has 8 nitrogen and oxygen atoms in total. The molecule has 29 heavy (non-hydrogen) atoms. The highest BCUT2D eigenvalue weighted by Crippen LogP contribution is 2.24. The molecule has 0 aliphatic heterocycles. The SMILES string of the molecule is CCCCCC(=O)Nc1ccc(S(=O)(=O)c2ccc(NCS(=O)(=O)O)cc2)cc1. The van der Waals surface area contributed by atoms with Crippen LogP contribution < -0.4 is 10.6 Å². The molecule has 0 aromatic heterocycles. The number of benzene rings is 2. The lowest BCUT2D eigenvalue weighted by atomic mass is 10.2. The predicted molar refractivity (Wildman–Crippen MR) is 111 cm³/mol. The van der Waals surface area contributed by atoms with Crippen molar-refractivity contribution in [1.29, 1.82) is 0 Å². The molecule has 0 fully saturated rings. The largest absolute Gasteiger partial charge is 0.370 e. The van der Waals surface area contributed by atoms with Crippen molar-refractivity contribution in [1.82, 2.24) is 0 Å². The van der Waals surface area contributed by atoms with Gasteiger partial charge in [-0.3, -0.25) is 9.35 Å². The Morgan fingerprint density at radius 2 is 1.38 bits per heavy atom. The maximum atomic E-state index is 12.7. The third kappa shape index (κ3) is 7.15. The fourth-order valence-electron chi connectivity index (χ4n) is 2.54. The van der Waals surface area contributed by atoms with Crippen molar-refractivity contribution in [2.45, 2.75) is 42.4 Å². The number of unbranched alkanes of at least 4 members (excludes halogenated alkanes) is 2. The summed E-state index contributed by atoms with van der Waals surface area (Å²) in [6, 6.07) is 11.4. The van der Waals surface area contributed by atoms with Crippen LogP contribution in [-0.2, 0) is 24.7 Å². The molecular formula is C19H24N2O6S2. The highest BCUT2D eigenvalue weighted by molar-refractivity contribution is 7.91. The van der Waals surface area contributed by atoms with E-state index in [1.807, 2.05) is 0 Å². The monoisotopic (exact) mass is 440 g/mol. The smallest absolute Gasteiger partial charge is 0.283 e. The van der Waals surface area contributed by atoms with Crippen molar-refractivity contribution in [2.24, 2.45) is 0 Å². The lowest BCUT2D eigenvalue weighted by molar-refractivity contribution is -0.116. The van der Waals surface area contributed by atoms with E-state index in [9.17, 15) is 21.6 Å². The van der Waals surface area contributed by atoms with E-state index < -0.39 is 25.8 Å². The number of rotatable bonds is 10. The van der Waals surface area contributed by atoms with Gasteiger partial charge in [-0.2, -0.15) is 8.42 Å². The van der Waals surface area contributed by atoms with Gasteiger partial charge in [0, 0.05) is 17.8 Å². The summed E-state index contributed by atoms with van der Waals surface area (Å²) in [6.07, 6.45) is 3.24. The van der Waals surface area contributed by atoms with Gasteiger partial charge < -0.3 is 10.6 Å². The van der Waals surface area contributed by atoms with Crippen LogP contribution in [0, 0.1) is 0 Å². The topological polar surface area (TPSA) is 130 Å². The van der Waals surface area contributed by atoms with Crippen LogP contribution in [0.25, 0.3) is 0 Å². The molecule has 0 saturated carbocycles. The van der Waals surface area contributed by atoms with Gasteiger partial charge in [0.15, 0.2) is 0 Å². The summed E-state index contributed by atoms with van der Waals surface area (Å²) in [5, 5.41) is 5.22. The first kappa shape index (κ1) is 22.9.